The molecule has 3 rings (SSSR count). The SMILES string of the molecule is CCOC(=O)C1=C(C)OC(N)=C(C#N)C1c1ccccc1-c1ccc(C(=O)O)c(Cl)c1. The number of rotatable bonds is 5. The second kappa shape index (κ2) is 8.94. The monoisotopic (exact) mass is 438 g/mol. The number of nitrogens with zero attached hydrogens (tertiary/aromatic N) is 1. The molecule has 7 nitrogen and oxygen atoms in total. The Morgan fingerprint density at radius 2 is 2.00 bits per heavy atom. The average Bonchev–Trinajstić information content (AvgIpc) is 2.73. The molecule has 1 heterocycles. The molecule has 0 radical (unpaired) electrons. The summed E-state index contributed by atoms with van der Waals surface area (Å²) in [5.41, 5.74) is 8.07. The van der Waals surface area contributed by atoms with Crippen molar-refractivity contribution in [2.24, 2.45) is 5.73 Å². The maximum absolute atomic E-state index is 12.8. The Hall–Kier alpha value is -3.76. The number of carboxylic acids is 1. The molecule has 158 valence electrons. The number of nitriles is 1. The largest absolute Gasteiger partial charge is 0.478 e. The number of hydrogen-bond donors (Lipinski definition) is 2. The van der Waals surface area contributed by atoms with Crippen LogP contribution in [0.25, 0.3) is 11.1 Å². The molecule has 0 aliphatic carbocycles. The van der Waals surface area contributed by atoms with Crippen LogP contribution in [0.5, 0.6) is 0 Å². The second-order valence-corrected chi connectivity index (χ2v) is 7.11. The van der Waals surface area contributed by atoms with Crippen LogP contribution in [0.4, 0.5) is 0 Å². The molecule has 0 saturated carbocycles. The molecule has 0 fully saturated rings. The van der Waals surface area contributed by atoms with Crippen LogP contribution in [0, 0.1) is 11.3 Å². The Morgan fingerprint density at radius 3 is 2.61 bits per heavy atom. The highest BCUT2D eigenvalue weighted by molar-refractivity contribution is 6.33. The molecule has 0 spiro atoms. The summed E-state index contributed by atoms with van der Waals surface area (Å²) in [5.74, 6) is -2.42. The van der Waals surface area contributed by atoms with E-state index < -0.39 is 17.9 Å². The van der Waals surface area contributed by atoms with E-state index in [9.17, 15) is 20.0 Å². The second-order valence-electron chi connectivity index (χ2n) is 6.70. The van der Waals surface area contributed by atoms with Gasteiger partial charge in [0.25, 0.3) is 0 Å². The number of halogens is 1. The van der Waals surface area contributed by atoms with Crippen molar-refractivity contribution in [3.8, 4) is 17.2 Å². The normalized spacial score (nSPS) is 15.9. The molecule has 0 amide bonds. The van der Waals surface area contributed by atoms with E-state index in [2.05, 4.69) is 0 Å². The van der Waals surface area contributed by atoms with Crippen LogP contribution in [-0.4, -0.2) is 23.7 Å². The topological polar surface area (TPSA) is 123 Å². The maximum Gasteiger partial charge on any atom is 0.338 e. The van der Waals surface area contributed by atoms with Crippen LogP contribution >= 0.6 is 11.6 Å². The third kappa shape index (κ3) is 4.11. The molecule has 1 atom stereocenters. The lowest BCUT2D eigenvalue weighted by atomic mass is 9.79. The molecule has 0 bridgehead atoms. The highest BCUT2D eigenvalue weighted by Crippen LogP contribution is 2.43. The predicted octanol–water partition coefficient (Wildman–Crippen LogP) is 4.35. The van der Waals surface area contributed by atoms with Gasteiger partial charge in [0.05, 0.1) is 28.7 Å². The summed E-state index contributed by atoms with van der Waals surface area (Å²) >= 11 is 6.17. The minimum absolute atomic E-state index is 0.0289. The predicted molar refractivity (Wildman–Crippen MR) is 114 cm³/mol. The van der Waals surface area contributed by atoms with Crippen molar-refractivity contribution in [3.05, 3.63) is 81.4 Å². The van der Waals surface area contributed by atoms with Gasteiger partial charge in [0.2, 0.25) is 5.88 Å². The van der Waals surface area contributed by atoms with E-state index in [1.165, 1.54) is 12.1 Å². The summed E-state index contributed by atoms with van der Waals surface area (Å²) in [6.45, 7) is 3.42. The van der Waals surface area contributed by atoms with Gasteiger partial charge in [-0.2, -0.15) is 5.26 Å². The first kappa shape index (κ1) is 21.9. The number of allylic oxidation sites excluding steroid dienone is 2. The Morgan fingerprint density at radius 1 is 1.29 bits per heavy atom. The first-order valence-electron chi connectivity index (χ1n) is 9.37. The fourth-order valence-corrected chi connectivity index (χ4v) is 3.79. The van der Waals surface area contributed by atoms with Crippen LogP contribution in [0.3, 0.4) is 0 Å². The number of esters is 1. The van der Waals surface area contributed by atoms with E-state index in [0.29, 0.717) is 16.7 Å². The van der Waals surface area contributed by atoms with Gasteiger partial charge in [-0.3, -0.25) is 0 Å². The minimum atomic E-state index is -1.14. The van der Waals surface area contributed by atoms with E-state index >= 15 is 0 Å². The van der Waals surface area contributed by atoms with Gasteiger partial charge in [-0.25, -0.2) is 9.59 Å². The number of carbonyl (C=O) groups is 2. The van der Waals surface area contributed by atoms with E-state index in [1.807, 2.05) is 6.07 Å². The number of benzene rings is 2. The molecule has 31 heavy (non-hydrogen) atoms. The fourth-order valence-electron chi connectivity index (χ4n) is 3.53. The van der Waals surface area contributed by atoms with Gasteiger partial charge >= 0.3 is 11.9 Å². The third-order valence-electron chi connectivity index (χ3n) is 4.88. The van der Waals surface area contributed by atoms with Crippen LogP contribution in [0.15, 0.2) is 65.3 Å². The Bertz CT molecular complexity index is 1180. The summed E-state index contributed by atoms with van der Waals surface area (Å²) in [6.07, 6.45) is 0. The molecule has 1 aliphatic heterocycles. The number of ether oxygens (including phenoxy) is 2. The number of carboxylic acid groups (broad SMARTS) is 1. The number of hydrogen-bond acceptors (Lipinski definition) is 6. The Kier molecular flexibility index (Phi) is 6.33. The van der Waals surface area contributed by atoms with Crippen molar-refractivity contribution in [2.75, 3.05) is 6.61 Å². The smallest absolute Gasteiger partial charge is 0.338 e. The zero-order chi connectivity index (χ0) is 22.7. The Balaban J connectivity index is 2.24. The molecular formula is C23H19ClN2O5. The van der Waals surface area contributed by atoms with Crippen LogP contribution in [-0.2, 0) is 14.3 Å². The van der Waals surface area contributed by atoms with Gasteiger partial charge in [0, 0.05) is 0 Å². The van der Waals surface area contributed by atoms with Gasteiger partial charge in [-0.15, -0.1) is 0 Å². The van der Waals surface area contributed by atoms with Gasteiger partial charge < -0.3 is 20.3 Å². The lowest BCUT2D eigenvalue weighted by molar-refractivity contribution is -0.139. The quantitative estimate of drug-likeness (QED) is 0.665. The summed E-state index contributed by atoms with van der Waals surface area (Å²) in [7, 11) is 0. The molecule has 1 aliphatic rings. The minimum Gasteiger partial charge on any atom is -0.478 e. The molecular weight excluding hydrogens is 420 g/mol. The van der Waals surface area contributed by atoms with Gasteiger partial charge in [0.15, 0.2) is 0 Å². The summed E-state index contributed by atoms with van der Waals surface area (Å²) in [4.78, 5) is 24.1. The van der Waals surface area contributed by atoms with Crippen molar-refractivity contribution in [3.63, 3.8) is 0 Å². The van der Waals surface area contributed by atoms with E-state index in [1.54, 1.807) is 44.2 Å². The number of carbonyl (C=O) groups excluding carboxylic acids is 1. The molecule has 0 aromatic heterocycles. The van der Waals surface area contributed by atoms with Crippen LogP contribution in [0.1, 0.15) is 35.7 Å². The zero-order valence-electron chi connectivity index (χ0n) is 16.8. The Labute approximate surface area is 183 Å². The van der Waals surface area contributed by atoms with Crippen molar-refractivity contribution < 1.29 is 24.2 Å². The first-order chi connectivity index (χ1) is 14.8. The highest BCUT2D eigenvalue weighted by atomic mass is 35.5. The number of aromatic carboxylic acids is 1. The standard InChI is InChI=1S/C23H19ClN2O5/c1-3-30-23(29)19-12(2)31-21(26)17(11-25)20(19)15-7-5-4-6-14(15)13-8-9-16(22(27)28)18(24)10-13/h4-10,20H,3,26H2,1-2H3,(H,27,28). The van der Waals surface area contributed by atoms with E-state index in [0.717, 1.165) is 0 Å². The summed E-state index contributed by atoms with van der Waals surface area (Å²) in [6, 6.07) is 13.7. The molecule has 2 aromatic carbocycles. The van der Waals surface area contributed by atoms with Gasteiger partial charge in [-0.05, 0) is 42.7 Å². The van der Waals surface area contributed by atoms with Gasteiger partial charge in [0.1, 0.15) is 17.4 Å². The van der Waals surface area contributed by atoms with Crippen molar-refractivity contribution in [1.29, 1.82) is 5.26 Å². The van der Waals surface area contributed by atoms with Crippen molar-refractivity contribution in [2.45, 2.75) is 19.8 Å². The third-order valence-corrected chi connectivity index (χ3v) is 5.20. The molecule has 3 N–H and O–H groups in total. The lowest BCUT2D eigenvalue weighted by Gasteiger charge is -2.28. The van der Waals surface area contributed by atoms with E-state index in [-0.39, 0.29) is 40.0 Å². The van der Waals surface area contributed by atoms with Crippen LogP contribution in [0.2, 0.25) is 5.02 Å². The fraction of sp³-hybridized carbons (Fsp3) is 0.174. The highest BCUT2D eigenvalue weighted by Gasteiger charge is 2.37. The zero-order valence-corrected chi connectivity index (χ0v) is 17.6. The van der Waals surface area contributed by atoms with Gasteiger partial charge in [-0.1, -0.05) is 41.9 Å². The summed E-state index contributed by atoms with van der Waals surface area (Å²) < 4.78 is 10.7. The molecule has 8 heteroatoms. The van der Waals surface area contributed by atoms with Crippen LogP contribution < -0.4 is 5.73 Å². The molecule has 2 aromatic rings. The summed E-state index contributed by atoms with van der Waals surface area (Å²) in [5, 5.41) is 19.1. The first-order valence-corrected chi connectivity index (χ1v) is 9.75. The molecule has 0 saturated heterocycles. The molecule has 1 unspecified atom stereocenters. The number of nitrogens with two attached hydrogens (primary N) is 1. The van der Waals surface area contributed by atoms with E-state index in [4.69, 9.17) is 26.8 Å². The maximum atomic E-state index is 12.8. The lowest BCUT2D eigenvalue weighted by Crippen LogP contribution is -2.25. The average molecular weight is 439 g/mol. The van der Waals surface area contributed by atoms with Crippen molar-refractivity contribution in [1.82, 2.24) is 0 Å². The van der Waals surface area contributed by atoms with Crippen molar-refractivity contribution >= 4 is 23.5 Å².